The summed E-state index contributed by atoms with van der Waals surface area (Å²) >= 11 is 0. The van der Waals surface area contributed by atoms with Gasteiger partial charge in [0.05, 0.1) is 0 Å². The average molecular weight is 419 g/mol. The van der Waals surface area contributed by atoms with Crippen molar-refractivity contribution in [1.29, 1.82) is 0 Å². The Balaban J connectivity index is 2.20. The topological polar surface area (TPSA) is 0 Å². The fourth-order valence-electron chi connectivity index (χ4n) is 3.70. The van der Waals surface area contributed by atoms with Gasteiger partial charge in [-0.05, 0) is 83.9 Å². The molecular formula is C29H36Si. The summed E-state index contributed by atoms with van der Waals surface area (Å²) in [5.74, 6) is -1.52. The lowest BCUT2D eigenvalue weighted by atomic mass is 9.93. The standard InChI is InChI=1S/C29H36Si/c1-6-22-9-21(4)10-25(11-22)16-26-12-23(7-2)13-27(17-26)18-28-14-24(8-3)15-29(19-28)20-30-5/h9-15,17,19H,6-8,16,18,20H2,1-5H3/i16D2,18D2,20D2. The second-order valence-electron chi connectivity index (χ2n) is 7.73. The molecule has 0 N–H and O–H groups in total. The number of benzene rings is 3. The molecule has 156 valence electrons. The van der Waals surface area contributed by atoms with Crippen LogP contribution < -0.4 is 0 Å². The van der Waals surface area contributed by atoms with E-state index >= 15 is 0 Å². The van der Waals surface area contributed by atoms with Gasteiger partial charge in [0.1, 0.15) is 0 Å². The largest absolute Gasteiger partial charge is 0.0730 e. The Hall–Kier alpha value is -2.12. The van der Waals surface area contributed by atoms with Crippen LogP contribution in [0, 0.1) is 6.92 Å². The van der Waals surface area contributed by atoms with E-state index in [0.717, 1.165) is 28.7 Å². The molecule has 3 aromatic rings. The van der Waals surface area contributed by atoms with Gasteiger partial charge >= 0.3 is 0 Å². The quantitative estimate of drug-likeness (QED) is 0.325. The van der Waals surface area contributed by atoms with Crippen LogP contribution in [-0.4, -0.2) is 9.52 Å². The van der Waals surface area contributed by atoms with Gasteiger partial charge in [0.2, 0.25) is 0 Å². The lowest BCUT2D eigenvalue weighted by Crippen LogP contribution is -1.99. The summed E-state index contributed by atoms with van der Waals surface area (Å²) < 4.78 is 53.2. The van der Waals surface area contributed by atoms with Gasteiger partial charge in [-0.2, -0.15) is 0 Å². The summed E-state index contributed by atoms with van der Waals surface area (Å²) in [7, 11) is 0.0370. The van der Waals surface area contributed by atoms with E-state index in [-0.39, 0.29) is 9.52 Å². The molecule has 0 amide bonds. The van der Waals surface area contributed by atoms with E-state index in [4.69, 9.17) is 8.22 Å². The van der Waals surface area contributed by atoms with Crippen LogP contribution in [0.2, 0.25) is 6.55 Å². The predicted octanol–water partition coefficient (Wildman–Crippen LogP) is 7.12. The minimum Gasteiger partial charge on any atom is -0.0730 e. The van der Waals surface area contributed by atoms with E-state index in [1.54, 1.807) is 12.1 Å². The molecule has 0 atom stereocenters. The highest BCUT2D eigenvalue weighted by molar-refractivity contribution is 6.32. The Morgan fingerprint density at radius 1 is 0.567 bits per heavy atom. The molecule has 0 aliphatic carbocycles. The van der Waals surface area contributed by atoms with Crippen molar-refractivity contribution < 1.29 is 8.22 Å². The van der Waals surface area contributed by atoms with Crippen molar-refractivity contribution in [3.63, 3.8) is 0 Å². The smallest absolute Gasteiger partial charge is 0.0394 e. The van der Waals surface area contributed by atoms with E-state index in [1.165, 1.54) is 0 Å². The van der Waals surface area contributed by atoms with E-state index in [9.17, 15) is 0 Å². The van der Waals surface area contributed by atoms with Crippen LogP contribution in [0.25, 0.3) is 0 Å². The molecule has 0 fully saturated rings. The van der Waals surface area contributed by atoms with Gasteiger partial charge in [-0.25, -0.2) is 0 Å². The maximum Gasteiger partial charge on any atom is 0.0394 e. The lowest BCUT2D eigenvalue weighted by molar-refractivity contribution is 1.05. The summed E-state index contributed by atoms with van der Waals surface area (Å²) in [5.41, 5.74) is 6.15. The summed E-state index contributed by atoms with van der Waals surface area (Å²) in [6.45, 7) is 9.82. The molecule has 3 aromatic carbocycles. The first kappa shape index (κ1) is 15.6. The van der Waals surface area contributed by atoms with Crippen LogP contribution in [0.1, 0.15) is 79.1 Å². The van der Waals surface area contributed by atoms with Crippen molar-refractivity contribution in [3.8, 4) is 0 Å². The second kappa shape index (κ2) is 10.8. The van der Waals surface area contributed by atoms with E-state index < -0.39 is 18.7 Å². The molecule has 0 spiro atoms. The highest BCUT2D eigenvalue weighted by atomic mass is 28.2. The van der Waals surface area contributed by atoms with E-state index in [1.807, 2.05) is 63.7 Å². The molecule has 0 nitrogen and oxygen atoms in total. The zero-order valence-corrected chi connectivity index (χ0v) is 19.8. The first-order chi connectivity index (χ1) is 16.8. The highest BCUT2D eigenvalue weighted by Crippen LogP contribution is 2.21. The van der Waals surface area contributed by atoms with Gasteiger partial charge in [0.15, 0.2) is 0 Å². The predicted molar refractivity (Wildman–Crippen MR) is 133 cm³/mol. The summed E-state index contributed by atoms with van der Waals surface area (Å²) in [4.78, 5) is 0. The summed E-state index contributed by atoms with van der Waals surface area (Å²) in [5, 5.41) is 0. The lowest BCUT2D eigenvalue weighted by Gasteiger charge is -2.13. The molecule has 0 saturated carbocycles. The minimum absolute atomic E-state index is 0.0370. The molecule has 1 heteroatoms. The molecule has 0 unspecified atom stereocenters. The Morgan fingerprint density at radius 2 is 0.900 bits per heavy atom. The van der Waals surface area contributed by atoms with E-state index in [0.29, 0.717) is 40.7 Å². The molecular weight excluding hydrogens is 376 g/mol. The fourth-order valence-corrected chi connectivity index (χ4v) is 4.13. The van der Waals surface area contributed by atoms with E-state index in [2.05, 4.69) is 13.0 Å². The molecule has 2 radical (unpaired) electrons. The summed E-state index contributed by atoms with van der Waals surface area (Å²) in [6.07, 6.45) is -1.56. The Labute approximate surface area is 195 Å². The van der Waals surface area contributed by atoms with Crippen LogP contribution in [0.15, 0.2) is 54.6 Å². The van der Waals surface area contributed by atoms with Crippen LogP contribution >= 0.6 is 0 Å². The van der Waals surface area contributed by atoms with Gasteiger partial charge in [0, 0.05) is 17.7 Å². The molecule has 0 bridgehead atoms. The average Bonchev–Trinajstić information content (AvgIpc) is 2.87. The van der Waals surface area contributed by atoms with Gasteiger partial charge in [-0.15, -0.1) is 0 Å². The zero-order chi connectivity index (χ0) is 26.9. The third kappa shape index (κ3) is 6.19. The number of hydrogen-bond acceptors (Lipinski definition) is 0. The highest BCUT2D eigenvalue weighted by Gasteiger charge is 2.07. The first-order valence-corrected chi connectivity index (χ1v) is 12.4. The van der Waals surface area contributed by atoms with Gasteiger partial charge in [-0.3, -0.25) is 0 Å². The third-order valence-electron chi connectivity index (χ3n) is 5.19. The maximum atomic E-state index is 9.14. The molecule has 0 aromatic heterocycles. The first-order valence-electron chi connectivity index (χ1n) is 13.9. The molecule has 3 rings (SSSR count). The van der Waals surface area contributed by atoms with Crippen LogP contribution in [-0.2, 0) is 38.0 Å². The monoisotopic (exact) mass is 418 g/mol. The molecule has 0 saturated heterocycles. The third-order valence-corrected chi connectivity index (χ3v) is 5.73. The van der Waals surface area contributed by atoms with Gasteiger partial charge in [-0.1, -0.05) is 93.0 Å². The SMILES string of the molecule is [2H]C([2H])([Si]C)c1cc(CC)cc(C([2H])([2H])c2cc(CC)cc(C([2H])([2H])c3cc(C)cc(CC)c3)c2)c1. The number of hydrogen-bond donors (Lipinski definition) is 0. The van der Waals surface area contributed by atoms with Crippen molar-refractivity contribution >= 4 is 9.52 Å². The molecule has 0 heterocycles. The fraction of sp³-hybridized carbons (Fsp3) is 0.379. The molecule has 0 aliphatic heterocycles. The Bertz CT molecular complexity index is 1230. The normalized spacial score (nSPS) is 15.5. The van der Waals surface area contributed by atoms with Crippen molar-refractivity contribution in [2.24, 2.45) is 0 Å². The van der Waals surface area contributed by atoms with Gasteiger partial charge in [0.25, 0.3) is 0 Å². The van der Waals surface area contributed by atoms with Crippen molar-refractivity contribution in [1.82, 2.24) is 0 Å². The van der Waals surface area contributed by atoms with Crippen LogP contribution in [0.4, 0.5) is 0 Å². The van der Waals surface area contributed by atoms with Crippen molar-refractivity contribution in [3.05, 3.63) is 105 Å². The molecule has 0 aliphatic rings. The molecule has 30 heavy (non-hydrogen) atoms. The van der Waals surface area contributed by atoms with Gasteiger partial charge < -0.3 is 0 Å². The summed E-state index contributed by atoms with van der Waals surface area (Å²) in [6, 6.07) is 16.5. The van der Waals surface area contributed by atoms with Crippen molar-refractivity contribution in [2.45, 2.75) is 72.2 Å². The Morgan fingerprint density at radius 3 is 1.37 bits per heavy atom. The zero-order valence-electron chi connectivity index (χ0n) is 24.8. The van der Waals surface area contributed by atoms with Crippen LogP contribution in [0.3, 0.4) is 0 Å². The van der Waals surface area contributed by atoms with Crippen molar-refractivity contribution in [2.75, 3.05) is 0 Å². The maximum absolute atomic E-state index is 9.14. The number of aryl methyl sites for hydroxylation is 4. The van der Waals surface area contributed by atoms with Crippen LogP contribution in [0.5, 0.6) is 0 Å². The minimum atomic E-state index is -1.91. The second-order valence-corrected chi connectivity index (χ2v) is 8.48. The Kier molecular flexibility index (Phi) is 5.62. The number of rotatable bonds is 9.